The molecule has 0 atom stereocenters. The summed E-state index contributed by atoms with van der Waals surface area (Å²) in [5.74, 6) is -0.525. The average Bonchev–Trinajstić information content (AvgIpc) is 3.00. The van der Waals surface area contributed by atoms with E-state index in [9.17, 15) is 13.2 Å². The molecule has 174 valence electrons. The Kier molecular flexibility index (Phi) is 7.07. The molecule has 0 saturated heterocycles. The molecule has 0 radical (unpaired) electrons. The van der Waals surface area contributed by atoms with Crippen LogP contribution in [0.15, 0.2) is 53.6 Å². The molecule has 0 aliphatic rings. The Morgan fingerprint density at radius 1 is 1.00 bits per heavy atom. The number of aryl methyl sites for hydroxylation is 4. The maximum absolute atomic E-state index is 12.5. The van der Waals surface area contributed by atoms with Crippen molar-refractivity contribution in [2.75, 3.05) is 17.1 Å². The molecule has 0 aliphatic carbocycles. The van der Waals surface area contributed by atoms with E-state index < -0.39 is 15.9 Å². The molecule has 0 unspecified atom stereocenters. The van der Waals surface area contributed by atoms with Crippen LogP contribution >= 0.6 is 0 Å². The number of para-hydroxylation sites is 2. The molecule has 1 amide bonds. The van der Waals surface area contributed by atoms with Crippen LogP contribution in [-0.4, -0.2) is 37.9 Å². The molecule has 3 aromatic rings. The summed E-state index contributed by atoms with van der Waals surface area (Å²) in [6, 6.07) is 15.2. The number of sulfonamides is 1. The van der Waals surface area contributed by atoms with Gasteiger partial charge in [-0.05, 0) is 63.4 Å². The lowest BCUT2D eigenvalue weighted by atomic mass is 10.1. The number of hydrogen-bond donors (Lipinski definition) is 1. The Morgan fingerprint density at radius 2 is 1.61 bits per heavy atom. The minimum atomic E-state index is -3.64. The molecule has 1 heterocycles. The normalized spacial score (nSPS) is 11.7. The van der Waals surface area contributed by atoms with Crippen molar-refractivity contribution >= 4 is 27.8 Å². The zero-order valence-corrected chi connectivity index (χ0v) is 20.7. The number of rotatable bonds is 7. The van der Waals surface area contributed by atoms with Gasteiger partial charge in [-0.2, -0.15) is 5.10 Å². The first kappa shape index (κ1) is 24.3. The summed E-state index contributed by atoms with van der Waals surface area (Å²) in [5, 5.41) is 4.09. The topological polar surface area (TPSA) is 83.8 Å². The van der Waals surface area contributed by atoms with Crippen molar-refractivity contribution in [2.45, 2.75) is 34.6 Å². The van der Waals surface area contributed by atoms with Gasteiger partial charge in [0, 0.05) is 17.0 Å². The van der Waals surface area contributed by atoms with Crippen molar-refractivity contribution in [3.8, 4) is 5.69 Å². The second-order valence-electron chi connectivity index (χ2n) is 8.25. The molecule has 1 N–H and O–H groups in total. The number of aromatic nitrogens is 1. The number of hydrazone groups is 1. The first-order chi connectivity index (χ1) is 15.5. The third-order valence-corrected chi connectivity index (χ3v) is 6.72. The highest BCUT2D eigenvalue weighted by Crippen LogP contribution is 2.25. The van der Waals surface area contributed by atoms with E-state index in [-0.39, 0.29) is 6.54 Å². The van der Waals surface area contributed by atoms with Crippen LogP contribution in [0.5, 0.6) is 0 Å². The summed E-state index contributed by atoms with van der Waals surface area (Å²) in [6.45, 7) is 9.64. The van der Waals surface area contributed by atoms with E-state index in [4.69, 9.17) is 0 Å². The van der Waals surface area contributed by atoms with Gasteiger partial charge in [-0.1, -0.05) is 36.4 Å². The van der Waals surface area contributed by atoms with Crippen molar-refractivity contribution in [2.24, 2.45) is 5.10 Å². The molecule has 33 heavy (non-hydrogen) atoms. The fourth-order valence-corrected chi connectivity index (χ4v) is 4.90. The standard InChI is InChI=1S/C25H30N4O3S/c1-17-10-7-8-13-23(17)28(33(6,31)32)16-24(30)27-26-15-22-14-20(4)29(21(22)5)25-18(2)11-9-12-19(25)3/h7-15H,16H2,1-6H3,(H,27,30)/b26-15+. The summed E-state index contributed by atoms with van der Waals surface area (Å²) in [5.41, 5.74) is 10.1. The molecule has 2 aromatic carbocycles. The molecule has 0 bridgehead atoms. The van der Waals surface area contributed by atoms with Crippen LogP contribution in [-0.2, 0) is 14.8 Å². The van der Waals surface area contributed by atoms with Crippen LogP contribution in [0, 0.1) is 34.6 Å². The average molecular weight is 467 g/mol. The molecule has 0 spiro atoms. The van der Waals surface area contributed by atoms with Gasteiger partial charge < -0.3 is 4.57 Å². The summed E-state index contributed by atoms with van der Waals surface area (Å²) < 4.78 is 27.8. The van der Waals surface area contributed by atoms with Gasteiger partial charge in [0.05, 0.1) is 23.8 Å². The highest BCUT2D eigenvalue weighted by Gasteiger charge is 2.22. The van der Waals surface area contributed by atoms with Gasteiger partial charge >= 0.3 is 0 Å². The van der Waals surface area contributed by atoms with Crippen molar-refractivity contribution in [1.29, 1.82) is 0 Å². The van der Waals surface area contributed by atoms with E-state index >= 15 is 0 Å². The molecule has 0 saturated carbocycles. The summed E-state index contributed by atoms with van der Waals surface area (Å²) >= 11 is 0. The fraction of sp³-hybridized carbons (Fsp3) is 0.280. The second kappa shape index (κ2) is 9.62. The highest BCUT2D eigenvalue weighted by molar-refractivity contribution is 7.92. The predicted molar refractivity (Wildman–Crippen MR) is 134 cm³/mol. The fourth-order valence-electron chi connectivity index (χ4n) is 3.98. The molecule has 1 aromatic heterocycles. The lowest BCUT2D eigenvalue weighted by molar-refractivity contribution is -0.119. The van der Waals surface area contributed by atoms with E-state index in [1.165, 1.54) is 11.1 Å². The zero-order valence-electron chi connectivity index (χ0n) is 19.9. The number of nitrogens with zero attached hydrogens (tertiary/aromatic N) is 3. The third-order valence-electron chi connectivity index (χ3n) is 5.60. The minimum Gasteiger partial charge on any atom is -0.317 e. The number of carbonyl (C=O) groups is 1. The van der Waals surface area contributed by atoms with Crippen LogP contribution in [0.1, 0.15) is 33.6 Å². The quantitative estimate of drug-likeness (QED) is 0.423. The van der Waals surface area contributed by atoms with Crippen LogP contribution in [0.4, 0.5) is 5.69 Å². The number of benzene rings is 2. The summed E-state index contributed by atoms with van der Waals surface area (Å²) in [4.78, 5) is 12.5. The molecular formula is C25H30N4O3S. The monoisotopic (exact) mass is 466 g/mol. The Bertz CT molecular complexity index is 1300. The number of amides is 1. The van der Waals surface area contributed by atoms with Gasteiger partial charge in [-0.3, -0.25) is 9.10 Å². The van der Waals surface area contributed by atoms with Crippen molar-refractivity contribution < 1.29 is 13.2 Å². The summed E-state index contributed by atoms with van der Waals surface area (Å²) in [6.07, 6.45) is 2.67. The van der Waals surface area contributed by atoms with Crippen LogP contribution in [0.3, 0.4) is 0 Å². The van der Waals surface area contributed by atoms with Gasteiger partial charge in [0.15, 0.2) is 0 Å². The smallest absolute Gasteiger partial charge is 0.260 e. The van der Waals surface area contributed by atoms with E-state index in [0.29, 0.717) is 5.69 Å². The lowest BCUT2D eigenvalue weighted by Gasteiger charge is -2.23. The molecule has 0 aliphatic heterocycles. The largest absolute Gasteiger partial charge is 0.317 e. The number of carbonyl (C=O) groups excluding carboxylic acids is 1. The Balaban J connectivity index is 1.79. The van der Waals surface area contributed by atoms with Crippen molar-refractivity contribution in [3.63, 3.8) is 0 Å². The van der Waals surface area contributed by atoms with Crippen molar-refractivity contribution in [3.05, 3.63) is 82.2 Å². The SMILES string of the molecule is Cc1ccccc1N(CC(=O)N/N=C/c1cc(C)n(-c2c(C)cccc2C)c1C)S(C)(=O)=O. The second-order valence-corrected chi connectivity index (χ2v) is 10.2. The first-order valence-electron chi connectivity index (χ1n) is 10.6. The number of nitrogens with one attached hydrogen (secondary N) is 1. The molecule has 3 rings (SSSR count). The maximum atomic E-state index is 12.5. The first-order valence-corrected chi connectivity index (χ1v) is 12.5. The zero-order chi connectivity index (χ0) is 24.3. The minimum absolute atomic E-state index is 0.359. The van der Waals surface area contributed by atoms with Crippen molar-refractivity contribution in [1.82, 2.24) is 9.99 Å². The molecule has 7 nitrogen and oxygen atoms in total. The Hall–Kier alpha value is -3.39. The van der Waals surface area contributed by atoms with Gasteiger partial charge in [0.1, 0.15) is 6.54 Å². The Labute approximate surface area is 195 Å². The lowest BCUT2D eigenvalue weighted by Crippen LogP contribution is -2.39. The van der Waals surface area contributed by atoms with E-state index in [1.54, 1.807) is 31.3 Å². The summed E-state index contributed by atoms with van der Waals surface area (Å²) in [7, 11) is -3.64. The van der Waals surface area contributed by atoms with Gasteiger partial charge in [0.25, 0.3) is 5.91 Å². The third kappa shape index (κ3) is 5.34. The maximum Gasteiger partial charge on any atom is 0.260 e. The van der Waals surface area contributed by atoms with Gasteiger partial charge in [-0.25, -0.2) is 13.8 Å². The van der Waals surface area contributed by atoms with E-state index in [0.717, 1.165) is 38.8 Å². The van der Waals surface area contributed by atoms with E-state index in [2.05, 4.69) is 41.1 Å². The molecule has 0 fully saturated rings. The number of anilines is 1. The van der Waals surface area contributed by atoms with Gasteiger partial charge in [0.2, 0.25) is 10.0 Å². The van der Waals surface area contributed by atoms with E-state index in [1.807, 2.05) is 32.0 Å². The molecule has 8 heteroatoms. The predicted octanol–water partition coefficient (Wildman–Crippen LogP) is 3.94. The van der Waals surface area contributed by atoms with Crippen LogP contribution in [0.2, 0.25) is 0 Å². The van der Waals surface area contributed by atoms with Gasteiger partial charge in [-0.15, -0.1) is 0 Å². The highest BCUT2D eigenvalue weighted by atomic mass is 32.2. The molecular weight excluding hydrogens is 436 g/mol. The van der Waals surface area contributed by atoms with Crippen LogP contribution < -0.4 is 9.73 Å². The Morgan fingerprint density at radius 3 is 2.21 bits per heavy atom. The van der Waals surface area contributed by atoms with Crippen LogP contribution in [0.25, 0.3) is 5.69 Å². The number of hydrogen-bond acceptors (Lipinski definition) is 4.